The van der Waals surface area contributed by atoms with E-state index in [2.05, 4.69) is 229 Å². The highest BCUT2D eigenvalue weighted by atomic mass is 15.2. The van der Waals surface area contributed by atoms with Crippen molar-refractivity contribution < 1.29 is 0 Å². The lowest BCUT2D eigenvalue weighted by molar-refractivity contribution is 0.571. The van der Waals surface area contributed by atoms with Gasteiger partial charge in [0.2, 0.25) is 0 Å². The van der Waals surface area contributed by atoms with Crippen LogP contribution in [0.25, 0.3) is 76.5 Å². The van der Waals surface area contributed by atoms with Crippen LogP contribution in [0.15, 0.2) is 212 Å². The van der Waals surface area contributed by atoms with Gasteiger partial charge in [0.1, 0.15) is 0 Å². The number of rotatable bonds is 6. The second-order valence-electron chi connectivity index (χ2n) is 15.6. The predicted molar refractivity (Wildman–Crippen MR) is 244 cm³/mol. The van der Waals surface area contributed by atoms with E-state index >= 15 is 0 Å². The van der Waals surface area contributed by atoms with Crippen molar-refractivity contribution in [1.29, 1.82) is 0 Å². The Hall–Kier alpha value is -7.16. The Kier molecular flexibility index (Phi) is 7.72. The fourth-order valence-electron chi connectivity index (χ4n) is 9.22. The first-order chi connectivity index (χ1) is 28.1. The summed E-state index contributed by atoms with van der Waals surface area (Å²) in [6, 6.07) is 71.0. The molecule has 57 heavy (non-hydrogen) atoms. The minimum Gasteiger partial charge on any atom is -0.332 e. The van der Waals surface area contributed by atoms with Crippen molar-refractivity contribution in [3.8, 4) is 16.8 Å². The molecule has 0 radical (unpaired) electrons. The van der Waals surface area contributed by atoms with E-state index in [9.17, 15) is 0 Å². The third kappa shape index (κ3) is 5.56. The van der Waals surface area contributed by atoms with Gasteiger partial charge in [-0.3, -0.25) is 0 Å². The van der Waals surface area contributed by atoms with Gasteiger partial charge >= 0.3 is 0 Å². The molecule has 0 spiro atoms. The van der Waals surface area contributed by atoms with Crippen LogP contribution in [0.1, 0.15) is 18.9 Å². The molecule has 0 saturated carbocycles. The zero-order valence-electron chi connectivity index (χ0n) is 31.8. The monoisotopic (exact) mass is 728 g/mol. The molecule has 11 rings (SSSR count). The number of hydrogen-bond donors (Lipinski definition) is 0. The first-order valence-electron chi connectivity index (χ1n) is 19.9. The first kappa shape index (κ1) is 33.2. The number of benzene rings is 9. The highest BCUT2D eigenvalue weighted by Gasteiger charge is 2.32. The van der Waals surface area contributed by atoms with Crippen molar-refractivity contribution in [1.82, 2.24) is 4.57 Å². The van der Waals surface area contributed by atoms with Gasteiger partial charge in [0, 0.05) is 27.8 Å². The summed E-state index contributed by atoms with van der Waals surface area (Å²) in [4.78, 5) is 2.49. The molecule has 1 unspecified atom stereocenters. The number of para-hydroxylation sites is 1. The maximum Gasteiger partial charge on any atom is 0.0643 e. The molecule has 1 aromatic heterocycles. The lowest BCUT2D eigenvalue weighted by atomic mass is 9.85. The molecule has 0 saturated heterocycles. The average molecular weight is 729 g/mol. The number of fused-ring (bicyclic) bond motifs is 8. The maximum absolute atomic E-state index is 2.49. The van der Waals surface area contributed by atoms with Gasteiger partial charge in [-0.05, 0) is 123 Å². The van der Waals surface area contributed by atoms with Gasteiger partial charge in [0.05, 0.1) is 16.6 Å². The first-order valence-corrected chi connectivity index (χ1v) is 19.9. The van der Waals surface area contributed by atoms with Crippen molar-refractivity contribution in [2.24, 2.45) is 0 Å². The molecule has 9 aromatic carbocycles. The van der Waals surface area contributed by atoms with E-state index in [1.165, 1.54) is 87.8 Å². The standard InChI is InChI=1S/C55H40N2/c1-55(35-33-41(34-36-55)45-20-19-38-11-5-6-14-44(38)37-45)57(47-15-3-2-4-16-47)48-29-23-40(24-30-48)39-21-27-46(28-22-39)56-51-31-25-42-12-7-9-17-49(42)53(51)54-50-18-10-8-13-43(50)26-32-52(54)56/h2-35,37H,36H2,1H3. The minimum absolute atomic E-state index is 0.246. The van der Waals surface area contributed by atoms with Crippen LogP contribution >= 0.6 is 0 Å². The van der Waals surface area contributed by atoms with Crippen LogP contribution in [0.2, 0.25) is 0 Å². The molecule has 1 aliphatic rings. The molecule has 1 aliphatic carbocycles. The van der Waals surface area contributed by atoms with Crippen LogP contribution in [0.4, 0.5) is 11.4 Å². The van der Waals surface area contributed by atoms with Crippen LogP contribution < -0.4 is 4.90 Å². The number of anilines is 2. The summed E-state index contributed by atoms with van der Waals surface area (Å²) in [5.74, 6) is 0. The van der Waals surface area contributed by atoms with Gasteiger partial charge in [-0.2, -0.15) is 0 Å². The van der Waals surface area contributed by atoms with E-state index in [1.54, 1.807) is 0 Å². The van der Waals surface area contributed by atoms with Crippen molar-refractivity contribution in [3.63, 3.8) is 0 Å². The fourth-order valence-corrected chi connectivity index (χ4v) is 9.22. The Morgan fingerprint density at radius 2 is 0.965 bits per heavy atom. The van der Waals surface area contributed by atoms with Crippen LogP contribution in [0.5, 0.6) is 0 Å². The number of hydrogen-bond acceptors (Lipinski definition) is 1. The van der Waals surface area contributed by atoms with E-state index in [0.29, 0.717) is 0 Å². The molecule has 1 atom stereocenters. The molecule has 270 valence electrons. The predicted octanol–water partition coefficient (Wildman–Crippen LogP) is 14.9. The Morgan fingerprint density at radius 3 is 1.58 bits per heavy atom. The Labute approximate surface area is 332 Å². The molecule has 0 bridgehead atoms. The van der Waals surface area contributed by atoms with Gasteiger partial charge in [-0.25, -0.2) is 0 Å². The van der Waals surface area contributed by atoms with Crippen molar-refractivity contribution in [2.75, 3.05) is 4.90 Å². The van der Waals surface area contributed by atoms with Crippen molar-refractivity contribution >= 4 is 71.1 Å². The van der Waals surface area contributed by atoms with Gasteiger partial charge < -0.3 is 9.47 Å². The van der Waals surface area contributed by atoms with E-state index in [-0.39, 0.29) is 5.54 Å². The molecule has 2 heteroatoms. The lowest BCUT2D eigenvalue weighted by Crippen LogP contribution is -2.42. The molecule has 2 nitrogen and oxygen atoms in total. The van der Waals surface area contributed by atoms with Crippen molar-refractivity contribution in [2.45, 2.75) is 18.9 Å². The van der Waals surface area contributed by atoms with Crippen LogP contribution in [0, 0.1) is 0 Å². The van der Waals surface area contributed by atoms with E-state index < -0.39 is 0 Å². The van der Waals surface area contributed by atoms with Crippen LogP contribution in [-0.2, 0) is 0 Å². The lowest BCUT2D eigenvalue weighted by Gasteiger charge is -2.42. The third-order valence-electron chi connectivity index (χ3n) is 12.1. The second kappa shape index (κ2) is 13.3. The van der Waals surface area contributed by atoms with Crippen molar-refractivity contribution in [3.05, 3.63) is 218 Å². The molecule has 1 heterocycles. The number of allylic oxidation sites excluding steroid dienone is 2. The normalized spacial score (nSPS) is 15.5. The molecule has 0 aliphatic heterocycles. The van der Waals surface area contributed by atoms with E-state index in [0.717, 1.165) is 12.1 Å². The van der Waals surface area contributed by atoms with E-state index in [1.807, 2.05) is 0 Å². The number of nitrogens with zero attached hydrogens (tertiary/aromatic N) is 2. The summed E-state index contributed by atoms with van der Waals surface area (Å²) in [5.41, 5.74) is 10.6. The SMILES string of the molecule is CC1(N(c2ccccc2)c2ccc(-c3ccc(-n4c5ccc6ccccc6c5c5c6ccccc6ccc54)cc3)cc2)C=CC(c2ccc3ccccc3c2)=CC1. The highest BCUT2D eigenvalue weighted by Crippen LogP contribution is 2.42. The average Bonchev–Trinajstić information content (AvgIpc) is 3.63. The Morgan fingerprint density at radius 1 is 0.456 bits per heavy atom. The zero-order valence-corrected chi connectivity index (χ0v) is 31.8. The minimum atomic E-state index is -0.246. The summed E-state index contributed by atoms with van der Waals surface area (Å²) in [5, 5.41) is 10.3. The zero-order chi connectivity index (χ0) is 37.9. The molecule has 0 fully saturated rings. The summed E-state index contributed by atoms with van der Waals surface area (Å²) in [6.45, 7) is 2.34. The van der Waals surface area contributed by atoms with Gasteiger partial charge in [-0.1, -0.05) is 158 Å². The summed E-state index contributed by atoms with van der Waals surface area (Å²) < 4.78 is 2.44. The van der Waals surface area contributed by atoms with Crippen LogP contribution in [-0.4, -0.2) is 10.1 Å². The molecule has 0 amide bonds. The maximum atomic E-state index is 2.49. The summed E-state index contributed by atoms with van der Waals surface area (Å²) in [7, 11) is 0. The third-order valence-corrected chi connectivity index (χ3v) is 12.1. The van der Waals surface area contributed by atoms with Gasteiger partial charge in [-0.15, -0.1) is 0 Å². The Balaban J connectivity index is 0.936. The summed E-state index contributed by atoms with van der Waals surface area (Å²) >= 11 is 0. The quantitative estimate of drug-likeness (QED) is 0.165. The molecule has 10 aromatic rings. The molecular formula is C55H40N2. The van der Waals surface area contributed by atoms with Gasteiger partial charge in [0.25, 0.3) is 0 Å². The number of aromatic nitrogens is 1. The highest BCUT2D eigenvalue weighted by molar-refractivity contribution is 6.28. The Bertz CT molecular complexity index is 3110. The second-order valence-corrected chi connectivity index (χ2v) is 15.6. The molecule has 0 N–H and O–H groups in total. The topological polar surface area (TPSA) is 8.17 Å². The summed E-state index contributed by atoms with van der Waals surface area (Å²) in [6.07, 6.45) is 7.98. The van der Waals surface area contributed by atoms with Crippen LogP contribution in [0.3, 0.4) is 0 Å². The smallest absolute Gasteiger partial charge is 0.0643 e. The van der Waals surface area contributed by atoms with E-state index in [4.69, 9.17) is 0 Å². The fraction of sp³-hybridized carbons (Fsp3) is 0.0545. The molecular weight excluding hydrogens is 689 g/mol. The largest absolute Gasteiger partial charge is 0.332 e. The van der Waals surface area contributed by atoms with Gasteiger partial charge in [0.15, 0.2) is 0 Å².